The molecule has 0 saturated carbocycles. The number of furan rings is 1. The molecule has 1 N–H and O–H groups in total. The zero-order valence-electron chi connectivity index (χ0n) is 10.2. The van der Waals surface area contributed by atoms with Crippen LogP contribution in [0.4, 0.5) is 0 Å². The first-order chi connectivity index (χ1) is 8.58. The Kier molecular flexibility index (Phi) is 3.37. The van der Waals surface area contributed by atoms with Gasteiger partial charge in [-0.3, -0.25) is 0 Å². The van der Waals surface area contributed by atoms with E-state index in [-0.39, 0.29) is 11.7 Å². The second-order valence-corrected chi connectivity index (χ2v) is 4.22. The van der Waals surface area contributed by atoms with E-state index in [0.29, 0.717) is 11.7 Å². The first-order valence-corrected chi connectivity index (χ1v) is 5.68. The summed E-state index contributed by atoms with van der Waals surface area (Å²) in [6, 6.07) is 10.5. The maximum Gasteiger partial charge on any atom is 0.371 e. The molecule has 1 aromatic heterocycles. The first kappa shape index (κ1) is 12.2. The van der Waals surface area contributed by atoms with Gasteiger partial charge < -0.3 is 14.3 Å². The molecule has 0 bridgehead atoms. The highest BCUT2D eigenvalue weighted by molar-refractivity contribution is 5.84. The van der Waals surface area contributed by atoms with Crippen LogP contribution in [-0.4, -0.2) is 11.1 Å². The van der Waals surface area contributed by atoms with E-state index < -0.39 is 5.97 Å². The molecule has 1 aromatic carbocycles. The summed E-state index contributed by atoms with van der Waals surface area (Å²) in [5.74, 6) is -0.0663. The highest BCUT2D eigenvalue weighted by atomic mass is 16.6. The van der Waals surface area contributed by atoms with Gasteiger partial charge >= 0.3 is 5.97 Å². The van der Waals surface area contributed by atoms with Crippen LogP contribution >= 0.6 is 0 Å². The van der Waals surface area contributed by atoms with Gasteiger partial charge in [0.2, 0.25) is 5.76 Å². The monoisotopic (exact) mass is 246 g/mol. The molecule has 94 valence electrons. The van der Waals surface area contributed by atoms with Crippen molar-refractivity contribution in [2.45, 2.75) is 19.8 Å². The van der Waals surface area contributed by atoms with Gasteiger partial charge in [0.1, 0.15) is 5.75 Å². The second-order valence-electron chi connectivity index (χ2n) is 4.22. The number of carboxylic acids is 1. The van der Waals surface area contributed by atoms with Crippen molar-refractivity contribution in [2.24, 2.45) is 0 Å². The molecule has 0 aliphatic carbocycles. The number of hydrogen-bond donors (Lipinski definition) is 1. The van der Waals surface area contributed by atoms with E-state index in [1.165, 1.54) is 12.1 Å². The van der Waals surface area contributed by atoms with Crippen LogP contribution < -0.4 is 4.74 Å². The van der Waals surface area contributed by atoms with Crippen molar-refractivity contribution in [3.8, 4) is 11.7 Å². The van der Waals surface area contributed by atoms with Gasteiger partial charge in [-0.1, -0.05) is 32.0 Å². The quantitative estimate of drug-likeness (QED) is 0.888. The molecule has 0 aliphatic rings. The molecule has 4 nitrogen and oxygen atoms in total. The molecular weight excluding hydrogens is 232 g/mol. The van der Waals surface area contributed by atoms with Gasteiger partial charge in [-0.05, 0) is 23.6 Å². The van der Waals surface area contributed by atoms with E-state index in [0.717, 1.165) is 5.56 Å². The summed E-state index contributed by atoms with van der Waals surface area (Å²) in [5.41, 5.74) is 1.05. The van der Waals surface area contributed by atoms with Crippen LogP contribution in [0, 0.1) is 0 Å². The molecule has 18 heavy (non-hydrogen) atoms. The standard InChI is InChI=1S/C14H14O4/c1-9(2)10-5-3-4-6-11(10)17-13-8-7-12(18-13)14(15)16/h3-9H,1-2H3,(H,15,16). The normalized spacial score (nSPS) is 10.6. The van der Waals surface area contributed by atoms with E-state index >= 15 is 0 Å². The van der Waals surface area contributed by atoms with Crippen LogP contribution in [0.25, 0.3) is 0 Å². The minimum Gasteiger partial charge on any atom is -0.475 e. The minimum atomic E-state index is -1.11. The maximum atomic E-state index is 10.7. The Morgan fingerprint density at radius 3 is 2.56 bits per heavy atom. The molecule has 2 rings (SSSR count). The van der Waals surface area contributed by atoms with Crippen molar-refractivity contribution in [3.63, 3.8) is 0 Å². The minimum absolute atomic E-state index is 0.132. The average Bonchev–Trinajstić information content (AvgIpc) is 2.78. The van der Waals surface area contributed by atoms with Crippen molar-refractivity contribution in [3.05, 3.63) is 47.7 Å². The lowest BCUT2D eigenvalue weighted by atomic mass is 10.0. The molecule has 0 aliphatic heterocycles. The lowest BCUT2D eigenvalue weighted by Gasteiger charge is -2.11. The Morgan fingerprint density at radius 1 is 1.22 bits per heavy atom. The molecule has 0 spiro atoms. The van der Waals surface area contributed by atoms with E-state index in [4.69, 9.17) is 14.3 Å². The van der Waals surface area contributed by atoms with Crippen LogP contribution in [0.2, 0.25) is 0 Å². The van der Waals surface area contributed by atoms with Crippen molar-refractivity contribution in [1.82, 2.24) is 0 Å². The number of rotatable bonds is 4. The Labute approximate surface area is 105 Å². The molecule has 4 heteroatoms. The number of hydrogen-bond acceptors (Lipinski definition) is 3. The van der Waals surface area contributed by atoms with Gasteiger partial charge in [-0.2, -0.15) is 0 Å². The fourth-order valence-electron chi connectivity index (χ4n) is 1.65. The van der Waals surface area contributed by atoms with E-state index in [2.05, 4.69) is 13.8 Å². The van der Waals surface area contributed by atoms with Crippen LogP contribution in [0.3, 0.4) is 0 Å². The van der Waals surface area contributed by atoms with E-state index in [9.17, 15) is 4.79 Å². The largest absolute Gasteiger partial charge is 0.475 e. The summed E-state index contributed by atoms with van der Waals surface area (Å²) in [6.07, 6.45) is 0. The molecule has 0 amide bonds. The summed E-state index contributed by atoms with van der Waals surface area (Å²) < 4.78 is 10.6. The van der Waals surface area contributed by atoms with E-state index in [1.54, 1.807) is 0 Å². The van der Waals surface area contributed by atoms with Crippen molar-refractivity contribution >= 4 is 5.97 Å². The first-order valence-electron chi connectivity index (χ1n) is 5.68. The van der Waals surface area contributed by atoms with Crippen LogP contribution in [0.15, 0.2) is 40.8 Å². The van der Waals surface area contributed by atoms with Crippen LogP contribution in [0.1, 0.15) is 35.9 Å². The summed E-state index contributed by atoms with van der Waals surface area (Å²) in [4.78, 5) is 10.7. The van der Waals surface area contributed by atoms with Gasteiger partial charge in [0.25, 0.3) is 5.95 Å². The van der Waals surface area contributed by atoms with E-state index in [1.807, 2.05) is 24.3 Å². The zero-order chi connectivity index (χ0) is 13.1. The fraction of sp³-hybridized carbons (Fsp3) is 0.214. The Hall–Kier alpha value is -2.23. The van der Waals surface area contributed by atoms with Gasteiger partial charge in [0.05, 0.1) is 0 Å². The molecule has 0 saturated heterocycles. The van der Waals surface area contributed by atoms with Crippen molar-refractivity contribution < 1.29 is 19.1 Å². The zero-order valence-corrected chi connectivity index (χ0v) is 10.2. The van der Waals surface area contributed by atoms with Crippen molar-refractivity contribution in [1.29, 1.82) is 0 Å². The summed E-state index contributed by atoms with van der Waals surface area (Å²) >= 11 is 0. The van der Waals surface area contributed by atoms with Crippen molar-refractivity contribution in [2.75, 3.05) is 0 Å². The predicted molar refractivity (Wildman–Crippen MR) is 66.3 cm³/mol. The second kappa shape index (κ2) is 4.96. The number of carboxylic acid groups (broad SMARTS) is 1. The van der Waals surface area contributed by atoms with Gasteiger partial charge in [0, 0.05) is 6.07 Å². The summed E-state index contributed by atoms with van der Waals surface area (Å²) in [6.45, 7) is 4.13. The molecule has 0 atom stereocenters. The molecular formula is C14H14O4. The number of aromatic carboxylic acids is 1. The predicted octanol–water partition coefficient (Wildman–Crippen LogP) is 3.89. The third-order valence-corrected chi connectivity index (χ3v) is 2.54. The third-order valence-electron chi connectivity index (χ3n) is 2.54. The molecule has 0 unspecified atom stereocenters. The summed E-state index contributed by atoms with van der Waals surface area (Å²) in [7, 11) is 0. The SMILES string of the molecule is CC(C)c1ccccc1Oc1ccc(C(=O)O)o1. The average molecular weight is 246 g/mol. The number of benzene rings is 1. The highest BCUT2D eigenvalue weighted by Crippen LogP contribution is 2.31. The Balaban J connectivity index is 2.25. The molecule has 2 aromatic rings. The Morgan fingerprint density at radius 2 is 1.94 bits per heavy atom. The summed E-state index contributed by atoms with van der Waals surface area (Å²) in [5, 5.41) is 8.76. The van der Waals surface area contributed by atoms with Gasteiger partial charge in [-0.25, -0.2) is 4.79 Å². The Bertz CT molecular complexity index is 554. The lowest BCUT2D eigenvalue weighted by molar-refractivity contribution is 0.0657. The van der Waals surface area contributed by atoms with Gasteiger partial charge in [-0.15, -0.1) is 0 Å². The fourth-order valence-corrected chi connectivity index (χ4v) is 1.65. The molecule has 0 radical (unpaired) electrons. The molecule has 0 fully saturated rings. The number of carbonyl (C=O) groups is 1. The third kappa shape index (κ3) is 2.53. The highest BCUT2D eigenvalue weighted by Gasteiger charge is 2.12. The number of ether oxygens (including phenoxy) is 1. The van der Waals surface area contributed by atoms with Crippen LogP contribution in [-0.2, 0) is 0 Å². The molecule has 1 heterocycles. The van der Waals surface area contributed by atoms with Crippen LogP contribution in [0.5, 0.6) is 11.7 Å². The topological polar surface area (TPSA) is 59.7 Å². The number of para-hydroxylation sites is 1. The maximum absolute atomic E-state index is 10.7. The van der Waals surface area contributed by atoms with Gasteiger partial charge in [0.15, 0.2) is 0 Å². The lowest BCUT2D eigenvalue weighted by Crippen LogP contribution is -1.93. The smallest absolute Gasteiger partial charge is 0.371 e.